The Balaban J connectivity index is 1.80. The molecule has 0 spiro atoms. The van der Waals surface area contributed by atoms with Gasteiger partial charge in [0.2, 0.25) is 0 Å². The predicted octanol–water partition coefficient (Wildman–Crippen LogP) is 1.59. The summed E-state index contributed by atoms with van der Waals surface area (Å²) in [6.07, 6.45) is 5.18. The van der Waals surface area contributed by atoms with E-state index in [9.17, 15) is 0 Å². The second-order valence-electron chi connectivity index (χ2n) is 5.10. The topological polar surface area (TPSA) is 45.5 Å². The second-order valence-corrected chi connectivity index (χ2v) is 6.51. The van der Waals surface area contributed by atoms with Crippen LogP contribution in [0.4, 0.5) is 0 Å². The number of hydrogen-bond donors (Lipinski definition) is 1. The number of aliphatic imine (C=N–C) groups is 1. The second kappa shape index (κ2) is 7.57. The van der Waals surface area contributed by atoms with Gasteiger partial charge in [-0.2, -0.15) is 16.9 Å². The molecular formula is C14H25N5S. The molecule has 1 aromatic rings. The Morgan fingerprint density at radius 1 is 1.60 bits per heavy atom. The van der Waals surface area contributed by atoms with E-state index in [0.717, 1.165) is 37.4 Å². The first-order valence-electron chi connectivity index (χ1n) is 7.29. The van der Waals surface area contributed by atoms with Gasteiger partial charge in [0, 0.05) is 43.9 Å². The largest absolute Gasteiger partial charge is 0.354 e. The lowest BCUT2D eigenvalue weighted by molar-refractivity contribution is 0.406. The number of rotatable bonds is 4. The SMILES string of the molecule is CCC1CN(C(=NC)NCCn2cc(C)cn2)CCS1. The number of nitrogens with one attached hydrogen (secondary N) is 1. The van der Waals surface area contributed by atoms with Crippen LogP contribution in [0.15, 0.2) is 17.4 Å². The number of guanidine groups is 1. The van der Waals surface area contributed by atoms with E-state index in [4.69, 9.17) is 0 Å². The Labute approximate surface area is 125 Å². The monoisotopic (exact) mass is 295 g/mol. The molecule has 1 saturated heterocycles. The zero-order valence-electron chi connectivity index (χ0n) is 12.7. The van der Waals surface area contributed by atoms with Crippen LogP contribution in [0.2, 0.25) is 0 Å². The van der Waals surface area contributed by atoms with Crippen molar-refractivity contribution in [2.24, 2.45) is 4.99 Å². The molecule has 0 aliphatic carbocycles. The highest BCUT2D eigenvalue weighted by molar-refractivity contribution is 8.00. The van der Waals surface area contributed by atoms with Crippen molar-refractivity contribution < 1.29 is 0 Å². The van der Waals surface area contributed by atoms with Gasteiger partial charge in [-0.1, -0.05) is 6.92 Å². The molecule has 1 N–H and O–H groups in total. The molecule has 0 radical (unpaired) electrons. The molecule has 1 atom stereocenters. The molecule has 1 unspecified atom stereocenters. The van der Waals surface area contributed by atoms with Gasteiger partial charge >= 0.3 is 0 Å². The minimum Gasteiger partial charge on any atom is -0.354 e. The molecule has 1 aromatic heterocycles. The number of hydrogen-bond acceptors (Lipinski definition) is 3. The molecule has 2 rings (SSSR count). The summed E-state index contributed by atoms with van der Waals surface area (Å²) >= 11 is 2.08. The van der Waals surface area contributed by atoms with Gasteiger partial charge in [0.05, 0.1) is 12.7 Å². The standard InChI is InChI=1S/C14H25N5S/c1-4-13-11-18(7-8-20-13)14(15-3)16-5-6-19-10-12(2)9-17-19/h9-10,13H,4-8,11H2,1-3H3,(H,15,16). The van der Waals surface area contributed by atoms with Crippen molar-refractivity contribution in [1.29, 1.82) is 0 Å². The first-order chi connectivity index (χ1) is 9.72. The number of nitrogens with zero attached hydrogens (tertiary/aromatic N) is 4. The molecule has 5 nitrogen and oxygen atoms in total. The maximum Gasteiger partial charge on any atom is 0.193 e. The Morgan fingerprint density at radius 3 is 3.10 bits per heavy atom. The van der Waals surface area contributed by atoms with E-state index in [2.05, 4.69) is 52.1 Å². The van der Waals surface area contributed by atoms with Gasteiger partial charge in [-0.05, 0) is 18.9 Å². The molecule has 2 heterocycles. The Morgan fingerprint density at radius 2 is 2.45 bits per heavy atom. The first kappa shape index (κ1) is 15.2. The van der Waals surface area contributed by atoms with Gasteiger partial charge in [0.1, 0.15) is 0 Å². The molecule has 1 aliphatic rings. The summed E-state index contributed by atoms with van der Waals surface area (Å²) in [5, 5.41) is 8.48. The highest BCUT2D eigenvalue weighted by atomic mass is 32.2. The molecular weight excluding hydrogens is 270 g/mol. The maximum atomic E-state index is 4.41. The number of thioether (sulfide) groups is 1. The van der Waals surface area contributed by atoms with Gasteiger partial charge in [0.15, 0.2) is 5.96 Å². The van der Waals surface area contributed by atoms with E-state index < -0.39 is 0 Å². The van der Waals surface area contributed by atoms with E-state index in [-0.39, 0.29) is 0 Å². The van der Waals surface area contributed by atoms with E-state index in [1.807, 2.05) is 17.9 Å². The highest BCUT2D eigenvalue weighted by Crippen LogP contribution is 2.20. The summed E-state index contributed by atoms with van der Waals surface area (Å²) in [6, 6.07) is 0. The molecule has 1 aliphatic heterocycles. The number of aryl methyl sites for hydroxylation is 1. The fourth-order valence-corrected chi connectivity index (χ4v) is 3.54. The Bertz CT molecular complexity index is 443. The zero-order valence-corrected chi connectivity index (χ0v) is 13.5. The predicted molar refractivity (Wildman–Crippen MR) is 86.4 cm³/mol. The smallest absolute Gasteiger partial charge is 0.193 e. The van der Waals surface area contributed by atoms with Crippen LogP contribution in [0.5, 0.6) is 0 Å². The molecule has 0 aromatic carbocycles. The minimum absolute atomic E-state index is 0.732. The summed E-state index contributed by atoms with van der Waals surface area (Å²) in [7, 11) is 1.86. The van der Waals surface area contributed by atoms with Crippen LogP contribution in [0.3, 0.4) is 0 Å². The van der Waals surface area contributed by atoms with Crippen molar-refractivity contribution in [2.45, 2.75) is 32.1 Å². The van der Waals surface area contributed by atoms with Gasteiger partial charge in [-0.25, -0.2) is 0 Å². The van der Waals surface area contributed by atoms with E-state index in [1.165, 1.54) is 17.7 Å². The summed E-state index contributed by atoms with van der Waals surface area (Å²) in [4.78, 5) is 6.78. The van der Waals surface area contributed by atoms with Gasteiger partial charge in [-0.3, -0.25) is 9.67 Å². The highest BCUT2D eigenvalue weighted by Gasteiger charge is 2.21. The van der Waals surface area contributed by atoms with E-state index in [1.54, 1.807) is 0 Å². The zero-order chi connectivity index (χ0) is 14.4. The fourth-order valence-electron chi connectivity index (χ4n) is 2.36. The Hall–Kier alpha value is -1.17. The van der Waals surface area contributed by atoms with Crippen LogP contribution in [0, 0.1) is 6.92 Å². The molecule has 0 saturated carbocycles. The average molecular weight is 295 g/mol. The Kier molecular flexibility index (Phi) is 5.76. The van der Waals surface area contributed by atoms with Crippen molar-refractivity contribution >= 4 is 17.7 Å². The van der Waals surface area contributed by atoms with Crippen LogP contribution >= 0.6 is 11.8 Å². The minimum atomic E-state index is 0.732. The molecule has 112 valence electrons. The van der Waals surface area contributed by atoms with Crippen LogP contribution in [0.1, 0.15) is 18.9 Å². The molecule has 0 bridgehead atoms. The van der Waals surface area contributed by atoms with E-state index >= 15 is 0 Å². The normalized spacial score (nSPS) is 20.2. The third-order valence-electron chi connectivity index (χ3n) is 3.49. The lowest BCUT2D eigenvalue weighted by Crippen LogP contribution is -2.48. The average Bonchev–Trinajstić information content (AvgIpc) is 2.89. The lowest BCUT2D eigenvalue weighted by atomic mass is 10.3. The molecule has 1 fully saturated rings. The molecule has 0 amide bonds. The summed E-state index contributed by atoms with van der Waals surface area (Å²) in [6.45, 7) is 8.23. The number of aromatic nitrogens is 2. The lowest BCUT2D eigenvalue weighted by Gasteiger charge is -2.34. The first-order valence-corrected chi connectivity index (χ1v) is 8.34. The summed E-state index contributed by atoms with van der Waals surface area (Å²) < 4.78 is 1.97. The van der Waals surface area contributed by atoms with Gasteiger partial charge in [-0.15, -0.1) is 0 Å². The van der Waals surface area contributed by atoms with Gasteiger partial charge in [0.25, 0.3) is 0 Å². The van der Waals surface area contributed by atoms with Crippen LogP contribution < -0.4 is 5.32 Å². The van der Waals surface area contributed by atoms with Crippen LogP contribution in [0.25, 0.3) is 0 Å². The van der Waals surface area contributed by atoms with Crippen molar-refractivity contribution in [3.05, 3.63) is 18.0 Å². The molecule has 20 heavy (non-hydrogen) atoms. The third-order valence-corrected chi connectivity index (χ3v) is 4.86. The van der Waals surface area contributed by atoms with Crippen molar-refractivity contribution in [1.82, 2.24) is 20.0 Å². The van der Waals surface area contributed by atoms with Crippen LogP contribution in [-0.2, 0) is 6.54 Å². The quantitative estimate of drug-likeness (QED) is 0.677. The van der Waals surface area contributed by atoms with Crippen molar-refractivity contribution in [3.63, 3.8) is 0 Å². The fraction of sp³-hybridized carbons (Fsp3) is 0.714. The van der Waals surface area contributed by atoms with Crippen molar-refractivity contribution in [2.75, 3.05) is 32.4 Å². The van der Waals surface area contributed by atoms with Crippen molar-refractivity contribution in [3.8, 4) is 0 Å². The maximum absolute atomic E-state index is 4.41. The van der Waals surface area contributed by atoms with E-state index in [0.29, 0.717) is 0 Å². The molecule has 6 heteroatoms. The summed E-state index contributed by atoms with van der Waals surface area (Å²) in [5.74, 6) is 2.21. The third kappa shape index (κ3) is 4.16. The summed E-state index contributed by atoms with van der Waals surface area (Å²) in [5.41, 5.74) is 1.20. The van der Waals surface area contributed by atoms with Crippen LogP contribution in [-0.4, -0.2) is 58.3 Å². The van der Waals surface area contributed by atoms with Gasteiger partial charge < -0.3 is 10.2 Å².